The number of nitrogens with zero attached hydrogens (tertiary/aromatic N) is 5. The maximum atomic E-state index is 12.6. The molecule has 3 N–H and O–H groups in total. The van der Waals surface area contributed by atoms with Crippen molar-refractivity contribution in [1.82, 2.24) is 14.3 Å². The van der Waals surface area contributed by atoms with Gasteiger partial charge in [0.1, 0.15) is 5.82 Å². The number of nitrogen functional groups attached to an aromatic ring is 1. The van der Waals surface area contributed by atoms with E-state index >= 15 is 0 Å². The van der Waals surface area contributed by atoms with Crippen LogP contribution in [0.1, 0.15) is 18.1 Å². The van der Waals surface area contributed by atoms with Crippen LogP contribution in [0, 0.1) is 6.92 Å². The van der Waals surface area contributed by atoms with Crippen LogP contribution in [0.4, 0.5) is 28.8 Å². The van der Waals surface area contributed by atoms with Gasteiger partial charge in [0, 0.05) is 62.7 Å². The van der Waals surface area contributed by atoms with E-state index in [0.717, 1.165) is 17.0 Å². The van der Waals surface area contributed by atoms with E-state index in [1.807, 2.05) is 37.1 Å². The average molecular weight is 468 g/mol. The van der Waals surface area contributed by atoms with Crippen molar-refractivity contribution in [2.24, 2.45) is 4.99 Å². The summed E-state index contributed by atoms with van der Waals surface area (Å²) in [7, 11) is 3.07. The Morgan fingerprint density at radius 2 is 1.82 bits per heavy atom. The molecule has 0 atom stereocenters. The number of nitrogens with two attached hydrogens (primary N) is 1. The average Bonchev–Trinajstić information content (AvgIpc) is 2.79. The molecule has 0 aliphatic carbocycles. The molecule has 1 aromatic heterocycles. The summed E-state index contributed by atoms with van der Waals surface area (Å²) in [5, 5.41) is 3.11. The summed E-state index contributed by atoms with van der Waals surface area (Å²) >= 11 is 0. The highest BCUT2D eigenvalue weighted by atomic mass is 32.2. The minimum atomic E-state index is -3.57. The predicted molar refractivity (Wildman–Crippen MR) is 134 cm³/mol. The molecule has 0 aliphatic heterocycles. The Kier molecular flexibility index (Phi) is 6.99. The molecule has 0 saturated carbocycles. The van der Waals surface area contributed by atoms with Gasteiger partial charge >= 0.3 is 0 Å². The molecule has 0 bridgehead atoms. The SMILES string of the molecule is CN=C(C)c1cc(N(C)c2ccnc(Nc3ccc(C)c(S(=O)(=O)N(C)C)c3)n2)ccc1N. The van der Waals surface area contributed by atoms with Crippen LogP contribution < -0.4 is 16.0 Å². The summed E-state index contributed by atoms with van der Waals surface area (Å²) < 4.78 is 26.4. The normalized spacial score (nSPS) is 12.2. The number of aromatic nitrogens is 2. The van der Waals surface area contributed by atoms with Gasteiger partial charge in [0.05, 0.1) is 4.90 Å². The van der Waals surface area contributed by atoms with Gasteiger partial charge in [-0.15, -0.1) is 0 Å². The van der Waals surface area contributed by atoms with Crippen LogP contribution in [0.15, 0.2) is 58.5 Å². The Bertz CT molecular complexity index is 1300. The first kappa shape index (κ1) is 24.1. The van der Waals surface area contributed by atoms with Crippen LogP contribution in [-0.2, 0) is 10.0 Å². The third-order valence-corrected chi connectivity index (χ3v) is 7.29. The molecule has 0 unspecified atom stereocenters. The van der Waals surface area contributed by atoms with Gasteiger partial charge in [-0.25, -0.2) is 17.7 Å². The summed E-state index contributed by atoms with van der Waals surface area (Å²) in [5.41, 5.74) is 10.6. The van der Waals surface area contributed by atoms with Crippen LogP contribution in [0.5, 0.6) is 0 Å². The topological polar surface area (TPSA) is 117 Å². The summed E-state index contributed by atoms with van der Waals surface area (Å²) in [6.07, 6.45) is 1.64. The zero-order chi connectivity index (χ0) is 24.3. The Morgan fingerprint density at radius 1 is 1.09 bits per heavy atom. The van der Waals surface area contributed by atoms with Gasteiger partial charge in [-0.2, -0.15) is 4.98 Å². The van der Waals surface area contributed by atoms with Crippen molar-refractivity contribution in [2.75, 3.05) is 44.1 Å². The summed E-state index contributed by atoms with van der Waals surface area (Å²) in [6.45, 7) is 3.67. The van der Waals surface area contributed by atoms with Gasteiger partial charge in [-0.1, -0.05) is 6.07 Å². The zero-order valence-electron chi connectivity index (χ0n) is 19.7. The molecule has 0 amide bonds. The maximum Gasteiger partial charge on any atom is 0.242 e. The Labute approximate surface area is 195 Å². The lowest BCUT2D eigenvalue weighted by molar-refractivity contribution is 0.520. The van der Waals surface area contributed by atoms with Crippen molar-refractivity contribution in [2.45, 2.75) is 18.7 Å². The second kappa shape index (κ2) is 9.55. The van der Waals surface area contributed by atoms with Crippen LogP contribution in [0.2, 0.25) is 0 Å². The number of hydrogen-bond acceptors (Lipinski definition) is 8. The second-order valence-corrected chi connectivity index (χ2v) is 9.89. The van der Waals surface area contributed by atoms with Crippen LogP contribution in [-0.4, -0.2) is 56.6 Å². The fraction of sp³-hybridized carbons (Fsp3) is 0.261. The van der Waals surface area contributed by atoms with Gasteiger partial charge in [-0.05, 0) is 55.8 Å². The number of aliphatic imine (C=N–C) groups is 1. The lowest BCUT2D eigenvalue weighted by Gasteiger charge is -2.20. The second-order valence-electron chi connectivity index (χ2n) is 7.77. The first-order valence-corrected chi connectivity index (χ1v) is 11.7. The molecule has 0 fully saturated rings. The standard InChI is InChI=1S/C23H29N7O2S/c1-15-7-8-17(13-21(15)33(31,32)29(4)5)27-23-26-12-11-22(28-23)30(6)18-9-10-20(24)19(14-18)16(2)25-3/h7-14H,24H2,1-6H3,(H,26,27,28). The molecule has 9 nitrogen and oxygen atoms in total. The van der Waals surface area contributed by atoms with E-state index in [9.17, 15) is 8.42 Å². The Balaban J connectivity index is 1.91. The number of rotatable bonds is 7. The first-order valence-electron chi connectivity index (χ1n) is 10.2. The van der Waals surface area contributed by atoms with Crippen molar-refractivity contribution in [3.05, 3.63) is 59.8 Å². The lowest BCUT2D eigenvalue weighted by Crippen LogP contribution is -2.23. The molecular formula is C23H29N7O2S. The Hall–Kier alpha value is -3.50. The molecule has 0 saturated heterocycles. The molecule has 2 aromatic carbocycles. The summed E-state index contributed by atoms with van der Waals surface area (Å²) in [4.78, 5) is 15.3. The van der Waals surface area contributed by atoms with Gasteiger partial charge < -0.3 is 16.0 Å². The smallest absolute Gasteiger partial charge is 0.242 e. The van der Waals surface area contributed by atoms with E-state index in [1.165, 1.54) is 18.4 Å². The van der Waals surface area contributed by atoms with Gasteiger partial charge in [0.2, 0.25) is 16.0 Å². The fourth-order valence-electron chi connectivity index (χ4n) is 3.20. The van der Waals surface area contributed by atoms with E-state index in [1.54, 1.807) is 44.4 Å². The van der Waals surface area contributed by atoms with Crippen molar-refractivity contribution in [1.29, 1.82) is 0 Å². The molecular weight excluding hydrogens is 438 g/mol. The van der Waals surface area contributed by atoms with E-state index in [2.05, 4.69) is 20.3 Å². The quantitative estimate of drug-likeness (QED) is 0.403. The maximum absolute atomic E-state index is 12.6. The van der Waals surface area contributed by atoms with Crippen molar-refractivity contribution < 1.29 is 8.42 Å². The number of benzene rings is 2. The molecule has 3 rings (SSSR count). The molecule has 33 heavy (non-hydrogen) atoms. The fourth-order valence-corrected chi connectivity index (χ4v) is 4.34. The number of hydrogen-bond donors (Lipinski definition) is 2. The van der Waals surface area contributed by atoms with E-state index in [4.69, 9.17) is 5.73 Å². The van der Waals surface area contributed by atoms with E-state index in [0.29, 0.717) is 28.7 Å². The number of anilines is 5. The largest absolute Gasteiger partial charge is 0.398 e. The molecule has 10 heteroatoms. The highest BCUT2D eigenvalue weighted by Gasteiger charge is 2.20. The molecule has 3 aromatic rings. The minimum absolute atomic E-state index is 0.230. The summed E-state index contributed by atoms with van der Waals surface area (Å²) in [6, 6.07) is 12.6. The van der Waals surface area contributed by atoms with Gasteiger partial charge in [0.25, 0.3) is 0 Å². The highest BCUT2D eigenvalue weighted by molar-refractivity contribution is 7.89. The van der Waals surface area contributed by atoms with Gasteiger partial charge in [0.15, 0.2) is 0 Å². The molecule has 0 spiro atoms. The molecule has 0 radical (unpaired) electrons. The van der Waals surface area contributed by atoms with Crippen molar-refractivity contribution in [3.8, 4) is 0 Å². The summed E-state index contributed by atoms with van der Waals surface area (Å²) in [5.74, 6) is 1.00. The number of nitrogens with one attached hydrogen (secondary N) is 1. The monoisotopic (exact) mass is 467 g/mol. The van der Waals surface area contributed by atoms with E-state index in [-0.39, 0.29) is 4.90 Å². The third-order valence-electron chi connectivity index (χ3n) is 5.34. The Morgan fingerprint density at radius 3 is 2.48 bits per heavy atom. The van der Waals surface area contributed by atoms with Crippen LogP contribution in [0.25, 0.3) is 0 Å². The van der Waals surface area contributed by atoms with Crippen molar-refractivity contribution >= 4 is 44.6 Å². The number of aryl methyl sites for hydroxylation is 1. The zero-order valence-corrected chi connectivity index (χ0v) is 20.5. The van der Waals surface area contributed by atoms with E-state index < -0.39 is 10.0 Å². The third kappa shape index (κ3) is 5.12. The first-order chi connectivity index (χ1) is 15.5. The van der Waals surface area contributed by atoms with Crippen LogP contribution in [0.3, 0.4) is 0 Å². The molecule has 0 aliphatic rings. The van der Waals surface area contributed by atoms with Crippen LogP contribution >= 0.6 is 0 Å². The highest BCUT2D eigenvalue weighted by Crippen LogP contribution is 2.28. The van der Waals surface area contributed by atoms with Gasteiger partial charge in [-0.3, -0.25) is 4.99 Å². The minimum Gasteiger partial charge on any atom is -0.398 e. The van der Waals surface area contributed by atoms with Crippen molar-refractivity contribution in [3.63, 3.8) is 0 Å². The predicted octanol–water partition coefficient (Wildman–Crippen LogP) is 3.57. The number of sulfonamides is 1. The molecule has 1 heterocycles. The lowest BCUT2D eigenvalue weighted by atomic mass is 10.1. The molecule has 174 valence electrons.